The van der Waals surface area contributed by atoms with Gasteiger partial charge in [-0.25, -0.2) is 0 Å². The Morgan fingerprint density at radius 3 is 2.63 bits per heavy atom. The number of amides is 1. The number of hydrogen-bond acceptors (Lipinski definition) is 2. The SMILES string of the molecule is O=C(NCC#CCOc1ccccc1Cl)C(F)(F)F. The van der Waals surface area contributed by atoms with E-state index in [-0.39, 0.29) is 6.61 Å². The Balaban J connectivity index is 2.30. The molecule has 0 saturated heterocycles. The smallest absolute Gasteiger partial charge is 0.471 e. The van der Waals surface area contributed by atoms with Crippen LogP contribution in [0.15, 0.2) is 24.3 Å². The second-order valence-corrected chi connectivity index (χ2v) is 3.66. The predicted octanol–water partition coefficient (Wildman–Crippen LogP) is 2.40. The third-order valence-corrected chi connectivity index (χ3v) is 2.17. The van der Waals surface area contributed by atoms with Gasteiger partial charge in [-0.05, 0) is 12.1 Å². The number of ether oxygens (including phenoxy) is 1. The van der Waals surface area contributed by atoms with E-state index in [1.165, 1.54) is 0 Å². The number of carbonyl (C=O) groups is 1. The Kier molecular flexibility index (Phi) is 5.52. The fourth-order valence-electron chi connectivity index (χ4n) is 1.01. The molecule has 0 unspecified atom stereocenters. The first-order valence-electron chi connectivity index (χ1n) is 5.09. The van der Waals surface area contributed by atoms with Gasteiger partial charge >= 0.3 is 12.1 Å². The number of alkyl halides is 3. The molecule has 102 valence electrons. The summed E-state index contributed by atoms with van der Waals surface area (Å²) in [5, 5.41) is 2.03. The summed E-state index contributed by atoms with van der Waals surface area (Å²) in [5.74, 6) is 3.19. The zero-order valence-corrected chi connectivity index (χ0v) is 10.3. The van der Waals surface area contributed by atoms with Crippen LogP contribution < -0.4 is 10.1 Å². The number of benzene rings is 1. The van der Waals surface area contributed by atoms with Gasteiger partial charge in [0, 0.05) is 0 Å². The van der Waals surface area contributed by atoms with Gasteiger partial charge in [0.1, 0.15) is 12.4 Å². The molecule has 0 aliphatic carbocycles. The third kappa shape index (κ3) is 5.53. The first kappa shape index (κ1) is 15.2. The second kappa shape index (κ2) is 6.90. The van der Waals surface area contributed by atoms with E-state index < -0.39 is 18.6 Å². The molecule has 0 aromatic heterocycles. The van der Waals surface area contributed by atoms with E-state index in [0.717, 1.165) is 0 Å². The van der Waals surface area contributed by atoms with Crippen molar-refractivity contribution in [1.29, 1.82) is 0 Å². The van der Waals surface area contributed by atoms with Crippen LogP contribution in [-0.2, 0) is 4.79 Å². The van der Waals surface area contributed by atoms with Crippen molar-refractivity contribution in [3.63, 3.8) is 0 Å². The van der Waals surface area contributed by atoms with Crippen LogP contribution in [0.4, 0.5) is 13.2 Å². The summed E-state index contributed by atoms with van der Waals surface area (Å²) in [6.45, 7) is -0.435. The van der Waals surface area contributed by atoms with Gasteiger partial charge in [0.15, 0.2) is 0 Å². The number of nitrogens with one attached hydrogen (secondary N) is 1. The molecule has 1 N–H and O–H groups in total. The topological polar surface area (TPSA) is 38.3 Å². The maximum atomic E-state index is 11.8. The fraction of sp³-hybridized carbons (Fsp3) is 0.250. The van der Waals surface area contributed by atoms with Gasteiger partial charge in [0.05, 0.1) is 11.6 Å². The zero-order valence-electron chi connectivity index (χ0n) is 9.55. The molecule has 1 aromatic carbocycles. The van der Waals surface area contributed by atoms with Gasteiger partial charge in [-0.1, -0.05) is 35.6 Å². The molecular formula is C12H9ClF3NO2. The van der Waals surface area contributed by atoms with Crippen LogP contribution >= 0.6 is 11.6 Å². The van der Waals surface area contributed by atoms with Crippen LogP contribution in [-0.4, -0.2) is 25.2 Å². The van der Waals surface area contributed by atoms with Gasteiger partial charge in [0.25, 0.3) is 0 Å². The van der Waals surface area contributed by atoms with Crippen LogP contribution in [0.25, 0.3) is 0 Å². The molecule has 7 heteroatoms. The van der Waals surface area contributed by atoms with Gasteiger partial charge in [-0.3, -0.25) is 4.79 Å². The number of halogens is 4. The van der Waals surface area contributed by atoms with Crippen molar-refractivity contribution in [3.05, 3.63) is 29.3 Å². The van der Waals surface area contributed by atoms with Gasteiger partial charge < -0.3 is 10.1 Å². The standard InChI is InChI=1S/C12H9ClF3NO2/c13-9-5-1-2-6-10(9)19-8-4-3-7-17-11(18)12(14,15)16/h1-2,5-6H,7-8H2,(H,17,18). The molecule has 3 nitrogen and oxygen atoms in total. The van der Waals surface area contributed by atoms with E-state index >= 15 is 0 Å². The second-order valence-electron chi connectivity index (χ2n) is 3.25. The highest BCUT2D eigenvalue weighted by Crippen LogP contribution is 2.22. The van der Waals surface area contributed by atoms with Crippen molar-refractivity contribution < 1.29 is 22.7 Å². The summed E-state index contributed by atoms with van der Waals surface area (Å²) in [7, 11) is 0. The number of carbonyl (C=O) groups excluding carboxylic acids is 1. The van der Waals surface area contributed by atoms with E-state index in [1.807, 2.05) is 0 Å². The van der Waals surface area contributed by atoms with E-state index in [9.17, 15) is 18.0 Å². The average Bonchev–Trinajstić information content (AvgIpc) is 2.34. The summed E-state index contributed by atoms with van der Waals surface area (Å²) < 4.78 is 40.5. The fourth-order valence-corrected chi connectivity index (χ4v) is 1.20. The van der Waals surface area contributed by atoms with Crippen LogP contribution in [0.3, 0.4) is 0 Å². The molecule has 0 aliphatic rings. The zero-order chi connectivity index (χ0) is 14.3. The molecule has 0 heterocycles. The Hall–Kier alpha value is -1.87. The van der Waals surface area contributed by atoms with Crippen LogP contribution in [0.1, 0.15) is 0 Å². The van der Waals surface area contributed by atoms with E-state index in [4.69, 9.17) is 16.3 Å². The van der Waals surface area contributed by atoms with Crippen LogP contribution in [0, 0.1) is 11.8 Å². The highest BCUT2D eigenvalue weighted by atomic mass is 35.5. The normalized spacial score (nSPS) is 10.3. The molecule has 1 amide bonds. The van der Waals surface area contributed by atoms with Crippen molar-refractivity contribution in [2.24, 2.45) is 0 Å². The minimum Gasteiger partial charge on any atom is -0.479 e. The van der Waals surface area contributed by atoms with Crippen molar-refractivity contribution in [2.45, 2.75) is 6.18 Å². The lowest BCUT2D eigenvalue weighted by Gasteiger charge is -2.04. The minimum absolute atomic E-state index is 0.0361. The lowest BCUT2D eigenvalue weighted by atomic mass is 10.3. The molecule has 0 radical (unpaired) electrons. The number of rotatable bonds is 3. The van der Waals surface area contributed by atoms with Gasteiger partial charge in [-0.15, -0.1) is 0 Å². The molecular weight excluding hydrogens is 283 g/mol. The van der Waals surface area contributed by atoms with Crippen LogP contribution in [0.5, 0.6) is 5.75 Å². The predicted molar refractivity (Wildman–Crippen MR) is 63.8 cm³/mol. The molecule has 0 aliphatic heterocycles. The first-order chi connectivity index (χ1) is 8.91. The minimum atomic E-state index is -4.89. The maximum Gasteiger partial charge on any atom is 0.471 e. The van der Waals surface area contributed by atoms with E-state index in [2.05, 4.69) is 11.8 Å². The highest BCUT2D eigenvalue weighted by Gasteiger charge is 2.38. The average molecular weight is 292 g/mol. The number of hydrogen-bond donors (Lipinski definition) is 1. The summed E-state index contributed by atoms with van der Waals surface area (Å²) >= 11 is 5.80. The van der Waals surface area contributed by atoms with Gasteiger partial charge in [0.2, 0.25) is 0 Å². The molecule has 1 aromatic rings. The van der Waals surface area contributed by atoms with Crippen molar-refractivity contribution in [1.82, 2.24) is 5.32 Å². The first-order valence-corrected chi connectivity index (χ1v) is 5.47. The Morgan fingerprint density at radius 1 is 1.32 bits per heavy atom. The number of para-hydroxylation sites is 1. The van der Waals surface area contributed by atoms with E-state index in [1.54, 1.807) is 29.6 Å². The van der Waals surface area contributed by atoms with Crippen molar-refractivity contribution >= 4 is 17.5 Å². The quantitative estimate of drug-likeness (QED) is 0.869. The Labute approximate surface area is 112 Å². The maximum absolute atomic E-state index is 11.8. The molecule has 19 heavy (non-hydrogen) atoms. The lowest BCUT2D eigenvalue weighted by Crippen LogP contribution is -2.36. The monoisotopic (exact) mass is 291 g/mol. The largest absolute Gasteiger partial charge is 0.479 e. The van der Waals surface area contributed by atoms with Crippen molar-refractivity contribution in [2.75, 3.05) is 13.2 Å². The molecule has 0 spiro atoms. The molecule has 0 bridgehead atoms. The lowest BCUT2D eigenvalue weighted by molar-refractivity contribution is -0.173. The molecule has 0 saturated carbocycles. The molecule has 1 rings (SSSR count). The summed E-state index contributed by atoms with van der Waals surface area (Å²) in [4.78, 5) is 10.4. The highest BCUT2D eigenvalue weighted by molar-refractivity contribution is 6.32. The van der Waals surface area contributed by atoms with Crippen LogP contribution in [0.2, 0.25) is 5.02 Å². The third-order valence-electron chi connectivity index (χ3n) is 1.86. The summed E-state index contributed by atoms with van der Waals surface area (Å²) in [6, 6.07) is 6.72. The van der Waals surface area contributed by atoms with Gasteiger partial charge in [-0.2, -0.15) is 13.2 Å². The molecule has 0 atom stereocenters. The summed E-state index contributed by atoms with van der Waals surface area (Å²) in [5.41, 5.74) is 0. The summed E-state index contributed by atoms with van der Waals surface area (Å²) in [6.07, 6.45) is -4.89. The Bertz CT molecular complexity index is 506. The molecule has 0 fully saturated rings. The van der Waals surface area contributed by atoms with Crippen molar-refractivity contribution in [3.8, 4) is 17.6 Å². The van der Waals surface area contributed by atoms with E-state index in [0.29, 0.717) is 10.8 Å². The Morgan fingerprint density at radius 2 is 2.00 bits per heavy atom.